The highest BCUT2D eigenvalue weighted by Crippen LogP contribution is 2.32. The summed E-state index contributed by atoms with van der Waals surface area (Å²) >= 11 is 0. The number of hydrogen-bond acceptors (Lipinski definition) is 7. The molecule has 3 aromatic rings. The number of carbonyl (C=O) groups excluding carboxylic acids is 2. The van der Waals surface area contributed by atoms with E-state index >= 15 is 0 Å². The maximum atomic E-state index is 12.4. The molecule has 0 saturated heterocycles. The molecule has 178 valence electrons. The third-order valence-electron chi connectivity index (χ3n) is 5.70. The van der Waals surface area contributed by atoms with Crippen LogP contribution in [0, 0.1) is 11.8 Å². The van der Waals surface area contributed by atoms with Gasteiger partial charge in [0.1, 0.15) is 6.04 Å². The number of hydrogen-bond donors (Lipinski definition) is 4. The molecule has 11 heteroatoms. The lowest BCUT2D eigenvalue weighted by Gasteiger charge is -2.16. The van der Waals surface area contributed by atoms with Crippen molar-refractivity contribution in [2.24, 2.45) is 11.8 Å². The number of aromatic nitrogens is 4. The number of nitrogens with zero attached hydrogens (tertiary/aromatic N) is 3. The fourth-order valence-corrected chi connectivity index (χ4v) is 3.51. The van der Waals surface area contributed by atoms with Gasteiger partial charge in [-0.15, -0.1) is 0 Å². The van der Waals surface area contributed by atoms with Gasteiger partial charge in [-0.05, 0) is 43.7 Å². The Bertz CT molecular complexity index is 1210. The highest BCUT2D eigenvalue weighted by atomic mass is 16.4. The summed E-state index contributed by atoms with van der Waals surface area (Å²) in [4.78, 5) is 44.6. The van der Waals surface area contributed by atoms with Crippen LogP contribution in [-0.4, -0.2) is 55.1 Å². The Morgan fingerprint density at radius 2 is 1.85 bits per heavy atom. The first-order valence-electron chi connectivity index (χ1n) is 11.1. The van der Waals surface area contributed by atoms with Gasteiger partial charge >= 0.3 is 5.97 Å². The minimum Gasteiger partial charge on any atom is -0.480 e. The molecule has 2 aromatic heterocycles. The van der Waals surface area contributed by atoms with Crippen molar-refractivity contribution in [3.05, 3.63) is 42.0 Å². The van der Waals surface area contributed by atoms with E-state index in [1.54, 1.807) is 38.1 Å². The quantitative estimate of drug-likeness (QED) is 0.374. The van der Waals surface area contributed by atoms with E-state index in [1.165, 1.54) is 6.20 Å². The van der Waals surface area contributed by atoms with E-state index in [0.29, 0.717) is 22.9 Å². The fraction of sp³-hybridized carbons (Fsp3) is 0.391. The van der Waals surface area contributed by atoms with Gasteiger partial charge in [0.25, 0.3) is 11.8 Å². The molecule has 0 radical (unpaired) electrons. The summed E-state index contributed by atoms with van der Waals surface area (Å²) in [5.74, 6) is -1.35. The molecule has 34 heavy (non-hydrogen) atoms. The Hall–Kier alpha value is -4.02. The summed E-state index contributed by atoms with van der Waals surface area (Å²) in [6.07, 6.45) is 3.49. The smallest absolute Gasteiger partial charge is 0.326 e. The number of H-pyrrole nitrogens is 1. The van der Waals surface area contributed by atoms with Gasteiger partial charge in [0, 0.05) is 17.2 Å². The zero-order valence-electron chi connectivity index (χ0n) is 19.0. The van der Waals surface area contributed by atoms with Gasteiger partial charge in [0.15, 0.2) is 5.82 Å². The summed E-state index contributed by atoms with van der Waals surface area (Å²) in [6.45, 7) is 5.37. The Morgan fingerprint density at radius 1 is 1.12 bits per heavy atom. The van der Waals surface area contributed by atoms with Crippen molar-refractivity contribution < 1.29 is 23.9 Å². The molecule has 1 aromatic carbocycles. The van der Waals surface area contributed by atoms with Crippen molar-refractivity contribution in [1.82, 2.24) is 30.8 Å². The lowest BCUT2D eigenvalue weighted by Crippen LogP contribution is -2.44. The summed E-state index contributed by atoms with van der Waals surface area (Å²) in [7, 11) is 0. The van der Waals surface area contributed by atoms with Crippen LogP contribution in [0.15, 0.2) is 34.9 Å². The Kier molecular flexibility index (Phi) is 6.44. The van der Waals surface area contributed by atoms with E-state index in [0.717, 1.165) is 12.8 Å². The van der Waals surface area contributed by atoms with Gasteiger partial charge in [-0.2, -0.15) is 5.10 Å². The molecule has 2 heterocycles. The molecule has 1 saturated carbocycles. The van der Waals surface area contributed by atoms with Crippen LogP contribution < -0.4 is 10.6 Å². The standard InChI is InChI=1S/C23H26N6O5/c1-11(2)17(23(32)33)26-20(30)16-10-24-22(34-16)15-6-4-5-14(9-15)18-27-19(29-28-18)21(31)25-12(3)13-7-8-13/h4-6,9-13,17H,7-8H2,1-3H3,(H,25,31)(H,26,30)(H,32,33)(H,27,28,29). The number of aromatic amines is 1. The van der Waals surface area contributed by atoms with Gasteiger partial charge in [0.2, 0.25) is 17.5 Å². The zero-order valence-corrected chi connectivity index (χ0v) is 19.0. The van der Waals surface area contributed by atoms with E-state index in [-0.39, 0.29) is 35.3 Å². The van der Waals surface area contributed by atoms with Crippen LogP contribution in [-0.2, 0) is 4.79 Å². The van der Waals surface area contributed by atoms with Gasteiger partial charge in [0.05, 0.1) is 6.20 Å². The topological polar surface area (TPSA) is 163 Å². The lowest BCUT2D eigenvalue weighted by atomic mass is 10.0. The van der Waals surface area contributed by atoms with Crippen LogP contribution in [0.25, 0.3) is 22.8 Å². The summed E-state index contributed by atoms with van der Waals surface area (Å²) in [5.41, 5.74) is 1.19. The number of amides is 2. The molecule has 2 amide bonds. The predicted molar refractivity (Wildman–Crippen MR) is 121 cm³/mol. The minimum absolute atomic E-state index is 0.0899. The monoisotopic (exact) mass is 466 g/mol. The second-order valence-corrected chi connectivity index (χ2v) is 8.75. The average molecular weight is 466 g/mol. The molecule has 1 aliphatic rings. The molecular formula is C23H26N6O5. The van der Waals surface area contributed by atoms with E-state index in [4.69, 9.17) is 4.42 Å². The van der Waals surface area contributed by atoms with Crippen molar-refractivity contribution in [3.63, 3.8) is 0 Å². The van der Waals surface area contributed by atoms with Crippen molar-refractivity contribution in [2.45, 2.75) is 45.7 Å². The van der Waals surface area contributed by atoms with Gasteiger partial charge in [-0.3, -0.25) is 14.7 Å². The Morgan fingerprint density at radius 3 is 2.53 bits per heavy atom. The second kappa shape index (κ2) is 9.46. The molecular weight excluding hydrogens is 440 g/mol. The molecule has 0 spiro atoms. The largest absolute Gasteiger partial charge is 0.480 e. The molecule has 4 rings (SSSR count). The Balaban J connectivity index is 1.48. The van der Waals surface area contributed by atoms with E-state index in [1.807, 2.05) is 6.92 Å². The van der Waals surface area contributed by atoms with Crippen LogP contribution in [0.3, 0.4) is 0 Å². The van der Waals surface area contributed by atoms with Gasteiger partial charge in [-0.25, -0.2) is 14.8 Å². The van der Waals surface area contributed by atoms with Crippen LogP contribution in [0.2, 0.25) is 0 Å². The van der Waals surface area contributed by atoms with Gasteiger partial charge < -0.3 is 20.2 Å². The molecule has 0 aliphatic heterocycles. The first-order valence-corrected chi connectivity index (χ1v) is 11.1. The van der Waals surface area contributed by atoms with E-state index in [9.17, 15) is 19.5 Å². The lowest BCUT2D eigenvalue weighted by molar-refractivity contribution is -0.140. The van der Waals surface area contributed by atoms with Crippen molar-refractivity contribution in [3.8, 4) is 22.8 Å². The van der Waals surface area contributed by atoms with Crippen molar-refractivity contribution >= 4 is 17.8 Å². The zero-order chi connectivity index (χ0) is 24.4. The number of carbonyl (C=O) groups is 3. The van der Waals surface area contributed by atoms with Crippen molar-refractivity contribution in [2.75, 3.05) is 0 Å². The third kappa shape index (κ3) is 5.13. The Labute approximate surface area is 195 Å². The molecule has 4 N–H and O–H groups in total. The maximum absolute atomic E-state index is 12.4. The molecule has 0 bridgehead atoms. The minimum atomic E-state index is -1.13. The normalized spacial score (nSPS) is 15.1. The van der Waals surface area contributed by atoms with Crippen LogP contribution >= 0.6 is 0 Å². The van der Waals surface area contributed by atoms with Crippen LogP contribution in [0.5, 0.6) is 0 Å². The number of aliphatic carboxylic acids is 1. The van der Waals surface area contributed by atoms with Crippen molar-refractivity contribution in [1.29, 1.82) is 0 Å². The number of benzene rings is 1. The molecule has 1 aliphatic carbocycles. The summed E-state index contributed by atoms with van der Waals surface area (Å²) < 4.78 is 5.57. The SMILES string of the molecule is CC(C)C(NC(=O)c1cnc(-c2cccc(-c3n[nH]c(C(=O)NC(C)C4CC4)n3)c2)o1)C(=O)O. The molecule has 1 fully saturated rings. The summed E-state index contributed by atoms with van der Waals surface area (Å²) in [6, 6.07) is 6.03. The average Bonchev–Trinajstić information content (AvgIpc) is 3.33. The highest BCUT2D eigenvalue weighted by Gasteiger charge is 2.30. The number of rotatable bonds is 9. The number of oxazole rings is 1. The molecule has 11 nitrogen and oxygen atoms in total. The second-order valence-electron chi connectivity index (χ2n) is 8.75. The first kappa shape index (κ1) is 23.1. The molecule has 2 atom stereocenters. The number of carboxylic acid groups (broad SMARTS) is 1. The highest BCUT2D eigenvalue weighted by molar-refractivity contribution is 5.94. The van der Waals surface area contributed by atoms with Crippen LogP contribution in [0.1, 0.15) is 54.8 Å². The first-order chi connectivity index (χ1) is 16.2. The fourth-order valence-electron chi connectivity index (χ4n) is 3.51. The number of nitrogens with one attached hydrogen (secondary N) is 3. The van der Waals surface area contributed by atoms with E-state index in [2.05, 4.69) is 30.8 Å². The van der Waals surface area contributed by atoms with Crippen LogP contribution in [0.4, 0.5) is 0 Å². The molecule has 2 unspecified atom stereocenters. The number of carboxylic acids is 1. The maximum Gasteiger partial charge on any atom is 0.326 e. The third-order valence-corrected chi connectivity index (χ3v) is 5.70. The summed E-state index contributed by atoms with van der Waals surface area (Å²) in [5, 5.41) is 21.4. The predicted octanol–water partition coefficient (Wildman–Crippen LogP) is 2.49. The van der Waals surface area contributed by atoms with E-state index < -0.39 is 17.9 Å². The van der Waals surface area contributed by atoms with Gasteiger partial charge in [-0.1, -0.05) is 26.0 Å².